The van der Waals surface area contributed by atoms with Crippen LogP contribution in [0, 0.1) is 11.2 Å². The van der Waals surface area contributed by atoms with Crippen LogP contribution in [-0.2, 0) is 4.79 Å². The second-order valence-corrected chi connectivity index (χ2v) is 2.78. The van der Waals surface area contributed by atoms with E-state index in [0.29, 0.717) is 0 Å². The van der Waals surface area contributed by atoms with Gasteiger partial charge in [-0.1, -0.05) is 0 Å². The molecular weight excluding hydrogens is 203 g/mol. The van der Waals surface area contributed by atoms with Crippen LogP contribution in [0.15, 0.2) is 12.1 Å². The van der Waals surface area contributed by atoms with Gasteiger partial charge in [-0.2, -0.15) is 0 Å². The highest BCUT2D eigenvalue weighted by atomic mass is 19.1. The molecule has 1 amide bonds. The Morgan fingerprint density at radius 3 is 2.53 bits per heavy atom. The molecule has 5 nitrogen and oxygen atoms in total. The second kappa shape index (κ2) is 3.95. The maximum atomic E-state index is 12.9. The van der Waals surface area contributed by atoms with E-state index in [-0.39, 0.29) is 5.56 Å². The Labute approximate surface area is 84.7 Å². The third-order valence-corrected chi connectivity index (χ3v) is 1.79. The third kappa shape index (κ3) is 2.04. The Morgan fingerprint density at radius 2 is 2.07 bits per heavy atom. The molecule has 6 heteroatoms. The quantitative estimate of drug-likeness (QED) is 0.421. The summed E-state index contributed by atoms with van der Waals surface area (Å²) in [6, 6.07) is 1.74. The number of hydrogen-bond acceptors (Lipinski definition) is 4. The van der Waals surface area contributed by atoms with Gasteiger partial charge in [0.05, 0.1) is 0 Å². The van der Waals surface area contributed by atoms with Crippen molar-refractivity contribution in [3.8, 4) is 11.5 Å². The molecule has 0 aliphatic carbocycles. The SMILES string of the molecule is CNC(=O)C(=N)c1cc(O)c(O)c(F)c1. The zero-order valence-electron chi connectivity index (χ0n) is 7.84. The van der Waals surface area contributed by atoms with E-state index < -0.39 is 28.9 Å². The lowest BCUT2D eigenvalue weighted by Gasteiger charge is -2.05. The predicted molar refractivity (Wildman–Crippen MR) is 50.6 cm³/mol. The van der Waals surface area contributed by atoms with E-state index in [1.807, 2.05) is 0 Å². The van der Waals surface area contributed by atoms with Crippen molar-refractivity contribution in [3.05, 3.63) is 23.5 Å². The summed E-state index contributed by atoms with van der Waals surface area (Å²) in [5.41, 5.74) is -0.603. The van der Waals surface area contributed by atoms with E-state index >= 15 is 0 Å². The fourth-order valence-corrected chi connectivity index (χ4v) is 0.985. The van der Waals surface area contributed by atoms with Gasteiger partial charge in [-0.25, -0.2) is 4.39 Å². The van der Waals surface area contributed by atoms with E-state index in [2.05, 4.69) is 5.32 Å². The van der Waals surface area contributed by atoms with Crippen molar-refractivity contribution in [2.24, 2.45) is 0 Å². The van der Waals surface area contributed by atoms with E-state index in [1.54, 1.807) is 0 Å². The highest BCUT2D eigenvalue weighted by Gasteiger charge is 2.15. The number of rotatable bonds is 2. The van der Waals surface area contributed by atoms with Gasteiger partial charge in [0.15, 0.2) is 17.3 Å². The standard InChI is InChI=1S/C9H9FN2O3/c1-12-9(15)7(11)4-2-5(10)8(14)6(13)3-4/h2-3,11,13-14H,1H3,(H,12,15). The van der Waals surface area contributed by atoms with Gasteiger partial charge in [-0.15, -0.1) is 0 Å². The van der Waals surface area contributed by atoms with Gasteiger partial charge in [-0.3, -0.25) is 10.2 Å². The molecule has 0 bridgehead atoms. The second-order valence-electron chi connectivity index (χ2n) is 2.78. The number of halogens is 1. The van der Waals surface area contributed by atoms with Crippen molar-refractivity contribution in [2.75, 3.05) is 7.05 Å². The lowest BCUT2D eigenvalue weighted by molar-refractivity contribution is -0.114. The largest absolute Gasteiger partial charge is 0.504 e. The number of aromatic hydroxyl groups is 2. The van der Waals surface area contributed by atoms with Crippen molar-refractivity contribution in [1.82, 2.24) is 5.32 Å². The minimum Gasteiger partial charge on any atom is -0.504 e. The van der Waals surface area contributed by atoms with Crippen LogP contribution in [-0.4, -0.2) is 28.9 Å². The first-order valence-electron chi connectivity index (χ1n) is 4.00. The Balaban J connectivity index is 3.17. The van der Waals surface area contributed by atoms with Crippen LogP contribution in [0.5, 0.6) is 11.5 Å². The number of nitrogens with one attached hydrogen (secondary N) is 2. The molecule has 0 spiro atoms. The van der Waals surface area contributed by atoms with Gasteiger partial charge >= 0.3 is 0 Å². The number of hydrogen-bond donors (Lipinski definition) is 4. The summed E-state index contributed by atoms with van der Waals surface area (Å²) in [5.74, 6) is -3.40. The van der Waals surface area contributed by atoms with Gasteiger partial charge in [-0.05, 0) is 12.1 Å². The van der Waals surface area contributed by atoms with Crippen molar-refractivity contribution in [3.63, 3.8) is 0 Å². The molecule has 1 aromatic rings. The molecule has 0 atom stereocenters. The number of likely N-dealkylation sites (N-methyl/N-ethyl adjacent to an activating group) is 1. The van der Waals surface area contributed by atoms with Crippen molar-refractivity contribution in [1.29, 1.82) is 5.41 Å². The molecule has 15 heavy (non-hydrogen) atoms. The van der Waals surface area contributed by atoms with Gasteiger partial charge in [0.25, 0.3) is 5.91 Å². The molecule has 0 unspecified atom stereocenters. The maximum Gasteiger partial charge on any atom is 0.269 e. The van der Waals surface area contributed by atoms with Crippen LogP contribution >= 0.6 is 0 Å². The predicted octanol–water partition coefficient (Wildman–Crippen LogP) is 0.351. The minimum absolute atomic E-state index is 0.109. The fourth-order valence-electron chi connectivity index (χ4n) is 0.985. The van der Waals surface area contributed by atoms with Crippen LogP contribution in [0.3, 0.4) is 0 Å². The normalized spacial score (nSPS) is 9.73. The first kappa shape index (κ1) is 11.0. The number of phenolic OH excluding ortho intramolecular Hbond substituents is 2. The molecule has 1 rings (SSSR count). The van der Waals surface area contributed by atoms with Crippen LogP contribution in [0.4, 0.5) is 4.39 Å². The molecule has 0 heterocycles. The molecule has 80 valence electrons. The van der Waals surface area contributed by atoms with E-state index in [1.165, 1.54) is 7.05 Å². The first-order chi connectivity index (χ1) is 6.97. The highest BCUT2D eigenvalue weighted by Crippen LogP contribution is 2.28. The molecule has 4 N–H and O–H groups in total. The summed E-state index contributed by atoms with van der Waals surface area (Å²) in [5, 5.41) is 27.5. The topological polar surface area (TPSA) is 93.4 Å². The average Bonchev–Trinajstić information content (AvgIpc) is 2.23. The number of carbonyl (C=O) groups excluding carboxylic acids is 1. The molecule has 0 aliphatic rings. The number of carbonyl (C=O) groups is 1. The summed E-state index contributed by atoms with van der Waals surface area (Å²) < 4.78 is 12.9. The summed E-state index contributed by atoms with van der Waals surface area (Å²) in [6.45, 7) is 0. The van der Waals surface area contributed by atoms with E-state index in [0.717, 1.165) is 12.1 Å². The van der Waals surface area contributed by atoms with Gasteiger partial charge in [0, 0.05) is 12.6 Å². The summed E-state index contributed by atoms with van der Waals surface area (Å²) in [7, 11) is 1.33. The van der Waals surface area contributed by atoms with Crippen molar-refractivity contribution in [2.45, 2.75) is 0 Å². The molecule has 0 saturated carbocycles. The van der Waals surface area contributed by atoms with E-state index in [4.69, 9.17) is 15.6 Å². The molecule has 0 radical (unpaired) electrons. The fraction of sp³-hybridized carbons (Fsp3) is 0.111. The molecule has 0 saturated heterocycles. The van der Waals surface area contributed by atoms with Gasteiger partial charge in [0.1, 0.15) is 5.71 Å². The lowest BCUT2D eigenvalue weighted by atomic mass is 10.1. The third-order valence-electron chi connectivity index (χ3n) is 1.79. The number of benzene rings is 1. The number of amides is 1. The summed E-state index contributed by atoms with van der Waals surface area (Å²) in [4.78, 5) is 11.0. The molecule has 1 aromatic carbocycles. The van der Waals surface area contributed by atoms with Crippen molar-refractivity contribution >= 4 is 11.6 Å². The van der Waals surface area contributed by atoms with E-state index in [9.17, 15) is 9.18 Å². The van der Waals surface area contributed by atoms with Crippen LogP contribution in [0.2, 0.25) is 0 Å². The van der Waals surface area contributed by atoms with Crippen LogP contribution in [0.25, 0.3) is 0 Å². The Morgan fingerprint density at radius 1 is 1.47 bits per heavy atom. The summed E-state index contributed by atoms with van der Waals surface area (Å²) >= 11 is 0. The van der Waals surface area contributed by atoms with Gasteiger partial charge < -0.3 is 15.5 Å². The maximum absolute atomic E-state index is 12.9. The zero-order valence-corrected chi connectivity index (χ0v) is 7.84. The molecule has 0 aromatic heterocycles. The van der Waals surface area contributed by atoms with Crippen LogP contribution < -0.4 is 5.32 Å². The van der Waals surface area contributed by atoms with Gasteiger partial charge in [0.2, 0.25) is 0 Å². The zero-order chi connectivity index (χ0) is 11.6. The Hall–Kier alpha value is -2.11. The lowest BCUT2D eigenvalue weighted by Crippen LogP contribution is -2.27. The minimum atomic E-state index is -1.08. The Kier molecular flexibility index (Phi) is 2.89. The molecule has 0 fully saturated rings. The Bertz CT molecular complexity index is 408. The van der Waals surface area contributed by atoms with Crippen LogP contribution in [0.1, 0.15) is 5.56 Å². The summed E-state index contributed by atoms with van der Waals surface area (Å²) in [6.07, 6.45) is 0. The number of phenols is 2. The highest BCUT2D eigenvalue weighted by molar-refractivity contribution is 6.44. The monoisotopic (exact) mass is 212 g/mol. The first-order valence-corrected chi connectivity index (χ1v) is 4.00. The molecular formula is C9H9FN2O3. The average molecular weight is 212 g/mol. The smallest absolute Gasteiger partial charge is 0.269 e. The molecule has 0 aliphatic heterocycles. The van der Waals surface area contributed by atoms with Crippen molar-refractivity contribution < 1.29 is 19.4 Å².